The third kappa shape index (κ3) is 6.78. The van der Waals surface area contributed by atoms with Crippen molar-refractivity contribution >= 4 is 21.8 Å². The van der Waals surface area contributed by atoms with Gasteiger partial charge in [-0.3, -0.25) is 0 Å². The van der Waals surface area contributed by atoms with Crippen molar-refractivity contribution in [2.45, 2.75) is 85.6 Å². The Morgan fingerprint density at radius 3 is 2.20 bits per heavy atom. The Morgan fingerprint density at radius 1 is 0.771 bits per heavy atom. The van der Waals surface area contributed by atoms with Crippen molar-refractivity contribution in [3.63, 3.8) is 0 Å². The van der Waals surface area contributed by atoms with E-state index in [0.717, 1.165) is 11.0 Å². The zero-order chi connectivity index (χ0) is 25.2. The maximum absolute atomic E-state index is 9.50. The molecule has 1 heterocycles. The topological polar surface area (TPSA) is 25.2 Å². The summed E-state index contributed by atoms with van der Waals surface area (Å²) in [5, 5.41) is 11.9. The molecule has 3 aromatic carbocycles. The highest BCUT2D eigenvalue weighted by Gasteiger charge is 2.10. The minimum absolute atomic E-state index is 0.180. The van der Waals surface area contributed by atoms with Crippen LogP contribution in [0.15, 0.2) is 73.0 Å². The summed E-state index contributed by atoms with van der Waals surface area (Å²) in [4.78, 5) is 0. The van der Waals surface area contributed by atoms with Crippen molar-refractivity contribution in [1.82, 2.24) is 4.57 Å². The summed E-state index contributed by atoms with van der Waals surface area (Å²) in [7, 11) is 0. The number of hydrogen-bond acceptors (Lipinski definition) is 1. The van der Waals surface area contributed by atoms with Gasteiger partial charge in [-0.1, -0.05) is 102 Å². The lowest BCUT2D eigenvalue weighted by Crippen LogP contribution is -1.99. The molecule has 0 aliphatic carbocycles. The molecule has 2 heteroatoms. The maximum Gasteiger partial charge on any atom is 0.105 e. The Morgan fingerprint density at radius 2 is 1.49 bits per heavy atom. The van der Waals surface area contributed by atoms with Crippen LogP contribution in [0, 0.1) is 6.92 Å². The normalized spacial score (nSPS) is 11.0. The molecule has 0 unspecified atom stereocenters. The van der Waals surface area contributed by atoms with Gasteiger partial charge in [-0.15, -0.1) is 0 Å². The number of rotatable bonds is 10. The van der Waals surface area contributed by atoms with Gasteiger partial charge in [-0.2, -0.15) is 0 Å². The van der Waals surface area contributed by atoms with Crippen LogP contribution < -0.4 is 0 Å². The van der Waals surface area contributed by atoms with Gasteiger partial charge in [0, 0.05) is 21.8 Å². The van der Waals surface area contributed by atoms with Gasteiger partial charge in [-0.05, 0) is 67.0 Å². The zero-order valence-electron chi connectivity index (χ0n) is 22.2. The molecule has 0 aliphatic heterocycles. The van der Waals surface area contributed by atoms with Crippen LogP contribution >= 0.6 is 0 Å². The zero-order valence-corrected chi connectivity index (χ0v) is 22.2. The van der Waals surface area contributed by atoms with E-state index in [-0.39, 0.29) is 5.76 Å². The number of para-hydroxylation sites is 1. The molecule has 0 radical (unpaired) electrons. The number of benzene rings is 3. The summed E-state index contributed by atoms with van der Waals surface area (Å²) in [5.74, 6) is 0.180. The van der Waals surface area contributed by atoms with Crippen molar-refractivity contribution in [2.24, 2.45) is 0 Å². The largest absolute Gasteiger partial charge is 0.511 e. The summed E-state index contributed by atoms with van der Waals surface area (Å²) in [6.45, 7) is 12.9. The van der Waals surface area contributed by atoms with Crippen molar-refractivity contribution in [2.75, 3.05) is 0 Å². The third-order valence-corrected chi connectivity index (χ3v) is 6.92. The highest BCUT2D eigenvalue weighted by molar-refractivity contribution is 6.08. The van der Waals surface area contributed by atoms with E-state index in [0.29, 0.717) is 6.54 Å². The summed E-state index contributed by atoms with van der Waals surface area (Å²) >= 11 is 0. The van der Waals surface area contributed by atoms with Crippen LogP contribution in [-0.4, -0.2) is 9.67 Å². The van der Waals surface area contributed by atoms with Crippen molar-refractivity contribution in [3.8, 4) is 0 Å². The second-order valence-electron chi connectivity index (χ2n) is 9.62. The molecule has 0 saturated heterocycles. The number of allylic oxidation sites excluding steroid dienone is 1. The first-order chi connectivity index (χ1) is 17.0. The Kier molecular flexibility index (Phi) is 10.0. The Labute approximate surface area is 212 Å². The molecular weight excluding hydrogens is 426 g/mol. The van der Waals surface area contributed by atoms with E-state index in [1.807, 2.05) is 12.1 Å². The number of aryl methyl sites for hydroxylation is 3. The molecule has 0 bridgehead atoms. The maximum atomic E-state index is 9.50. The van der Waals surface area contributed by atoms with E-state index in [4.69, 9.17) is 0 Å². The van der Waals surface area contributed by atoms with Gasteiger partial charge >= 0.3 is 0 Å². The average Bonchev–Trinajstić information content (AvgIpc) is 3.16. The number of unbranched alkanes of at least 4 members (excludes halogenated alkanes) is 4. The molecule has 1 N–H and O–H groups in total. The molecule has 0 fully saturated rings. The van der Waals surface area contributed by atoms with Crippen LogP contribution in [0.1, 0.15) is 75.1 Å². The van der Waals surface area contributed by atoms with Crippen molar-refractivity contribution in [3.05, 3.63) is 95.3 Å². The summed E-state index contributed by atoms with van der Waals surface area (Å²) in [6, 6.07) is 21.5. The van der Waals surface area contributed by atoms with Gasteiger partial charge in [0.25, 0.3) is 0 Å². The van der Waals surface area contributed by atoms with E-state index in [2.05, 4.69) is 87.4 Å². The first-order valence-electron chi connectivity index (χ1n) is 13.4. The number of hydrogen-bond donors (Lipinski definition) is 1. The molecule has 1 aromatic heterocycles. The molecule has 0 aliphatic rings. The minimum Gasteiger partial charge on any atom is -0.511 e. The van der Waals surface area contributed by atoms with Gasteiger partial charge in [0.05, 0.1) is 6.54 Å². The second kappa shape index (κ2) is 13.2. The van der Waals surface area contributed by atoms with Crippen LogP contribution in [0.4, 0.5) is 0 Å². The minimum atomic E-state index is 0.180. The predicted molar refractivity (Wildman–Crippen MR) is 154 cm³/mol. The SMILES string of the molecule is C=C(O)Cn1c2ccccc2c2ccc(C)cc21.CCCCCCCc1cccc(CC)c1CC. The summed E-state index contributed by atoms with van der Waals surface area (Å²) in [6.07, 6.45) is 10.5. The number of aliphatic hydroxyl groups is 1. The van der Waals surface area contributed by atoms with Gasteiger partial charge in [-0.25, -0.2) is 0 Å². The van der Waals surface area contributed by atoms with E-state index in [9.17, 15) is 5.11 Å². The van der Waals surface area contributed by atoms with Crippen LogP contribution in [0.2, 0.25) is 0 Å². The van der Waals surface area contributed by atoms with Crippen LogP contribution in [0.3, 0.4) is 0 Å². The molecule has 4 rings (SSSR count). The predicted octanol–water partition coefficient (Wildman–Crippen LogP) is 9.50. The number of aliphatic hydroxyl groups excluding tert-OH is 1. The highest BCUT2D eigenvalue weighted by Crippen LogP contribution is 2.30. The quantitative estimate of drug-likeness (QED) is 0.181. The van der Waals surface area contributed by atoms with E-state index < -0.39 is 0 Å². The highest BCUT2D eigenvalue weighted by atomic mass is 16.3. The lowest BCUT2D eigenvalue weighted by atomic mass is 9.94. The lowest BCUT2D eigenvalue weighted by molar-refractivity contribution is 0.383. The van der Waals surface area contributed by atoms with E-state index >= 15 is 0 Å². The fraction of sp³-hybridized carbons (Fsp3) is 0.394. The molecule has 186 valence electrons. The number of fused-ring (bicyclic) bond motifs is 3. The molecule has 0 spiro atoms. The van der Waals surface area contributed by atoms with Crippen LogP contribution in [0.5, 0.6) is 0 Å². The molecule has 0 amide bonds. The van der Waals surface area contributed by atoms with Gasteiger partial charge in [0.15, 0.2) is 0 Å². The first kappa shape index (κ1) is 26.6. The van der Waals surface area contributed by atoms with Crippen LogP contribution in [0.25, 0.3) is 21.8 Å². The Balaban J connectivity index is 0.000000196. The van der Waals surface area contributed by atoms with E-state index in [1.165, 1.54) is 67.7 Å². The Bertz CT molecular complexity index is 1250. The standard InChI is InChI=1S/C17H28.C16H15NO/c1-4-7-8-9-10-12-16-14-11-13-15(5-2)17(16)6-3;1-11-7-8-14-13-5-3-4-6-15(13)17(10-12(2)18)16(14)9-11/h11,13-14H,4-10,12H2,1-3H3;3-9,18H,2,10H2,1H3. The van der Waals surface area contributed by atoms with E-state index in [1.54, 1.807) is 16.7 Å². The lowest BCUT2D eigenvalue weighted by Gasteiger charge is -2.12. The molecule has 35 heavy (non-hydrogen) atoms. The van der Waals surface area contributed by atoms with Gasteiger partial charge < -0.3 is 9.67 Å². The fourth-order valence-electron chi connectivity index (χ4n) is 5.14. The van der Waals surface area contributed by atoms with Crippen molar-refractivity contribution < 1.29 is 5.11 Å². The average molecular weight is 470 g/mol. The van der Waals surface area contributed by atoms with Gasteiger partial charge in [0.1, 0.15) is 5.76 Å². The number of aromatic nitrogens is 1. The smallest absolute Gasteiger partial charge is 0.105 e. The molecule has 0 saturated carbocycles. The van der Waals surface area contributed by atoms with Gasteiger partial charge in [0.2, 0.25) is 0 Å². The second-order valence-corrected chi connectivity index (χ2v) is 9.62. The molecule has 4 aromatic rings. The number of nitrogens with zero attached hydrogens (tertiary/aromatic N) is 1. The molecule has 0 atom stereocenters. The van der Waals surface area contributed by atoms with Crippen molar-refractivity contribution in [1.29, 1.82) is 0 Å². The monoisotopic (exact) mass is 469 g/mol. The van der Waals surface area contributed by atoms with Crippen LogP contribution in [-0.2, 0) is 25.8 Å². The molecular formula is C33H43NO. The summed E-state index contributed by atoms with van der Waals surface area (Å²) < 4.78 is 2.11. The molecule has 2 nitrogen and oxygen atoms in total. The first-order valence-corrected chi connectivity index (χ1v) is 13.4. The Hall–Kier alpha value is -3.00. The fourth-order valence-corrected chi connectivity index (χ4v) is 5.14. The third-order valence-electron chi connectivity index (χ3n) is 6.92. The summed E-state index contributed by atoms with van der Waals surface area (Å²) in [5.41, 5.74) is 8.27.